The molecule has 2 nitrogen and oxygen atoms in total. The molecule has 3 heteroatoms. The van der Waals surface area contributed by atoms with E-state index < -0.39 is 0 Å². The summed E-state index contributed by atoms with van der Waals surface area (Å²) in [6.45, 7) is 9.25. The van der Waals surface area contributed by atoms with Crippen molar-refractivity contribution in [3.05, 3.63) is 29.3 Å². The summed E-state index contributed by atoms with van der Waals surface area (Å²) in [6.07, 6.45) is 6.22. The number of aryl methyl sites for hydroxylation is 2. The van der Waals surface area contributed by atoms with E-state index in [-0.39, 0.29) is 5.97 Å². The van der Waals surface area contributed by atoms with Gasteiger partial charge in [-0.15, -0.1) is 11.8 Å². The first-order valence-electron chi connectivity index (χ1n) is 8.97. The normalized spacial score (nSPS) is 12.2. The predicted molar refractivity (Wildman–Crippen MR) is 100 cm³/mol. The first-order chi connectivity index (χ1) is 11.1. The number of unbranched alkanes of at least 4 members (excludes halogenated alkanes) is 1. The second kappa shape index (κ2) is 11.6. The molecule has 0 heterocycles. The van der Waals surface area contributed by atoms with Crippen LogP contribution in [0.15, 0.2) is 23.1 Å². The number of benzene rings is 1. The van der Waals surface area contributed by atoms with Gasteiger partial charge in [0, 0.05) is 10.6 Å². The molecule has 23 heavy (non-hydrogen) atoms. The number of hydrogen-bond acceptors (Lipinski definition) is 3. The number of ether oxygens (including phenoxy) is 1. The molecule has 0 aliphatic carbocycles. The van der Waals surface area contributed by atoms with Crippen LogP contribution in [0.3, 0.4) is 0 Å². The third-order valence-electron chi connectivity index (χ3n) is 4.12. The molecule has 1 unspecified atom stereocenters. The highest BCUT2D eigenvalue weighted by atomic mass is 32.2. The molecule has 0 aliphatic heterocycles. The summed E-state index contributed by atoms with van der Waals surface area (Å²) < 4.78 is 5.45. The van der Waals surface area contributed by atoms with Crippen LogP contribution in [0, 0.1) is 12.8 Å². The molecule has 1 atom stereocenters. The zero-order chi connectivity index (χ0) is 17.1. The van der Waals surface area contributed by atoms with E-state index in [0.29, 0.717) is 18.9 Å². The summed E-state index contributed by atoms with van der Waals surface area (Å²) in [6, 6.07) is 6.63. The molecule has 1 rings (SSSR count). The first kappa shape index (κ1) is 20.1. The maximum Gasteiger partial charge on any atom is 0.306 e. The highest BCUT2D eigenvalue weighted by Crippen LogP contribution is 2.22. The van der Waals surface area contributed by atoms with Crippen LogP contribution in [0.2, 0.25) is 0 Å². The fourth-order valence-electron chi connectivity index (χ4n) is 2.55. The first-order valence-corrected chi connectivity index (χ1v) is 9.96. The lowest BCUT2D eigenvalue weighted by molar-refractivity contribution is -0.144. The van der Waals surface area contributed by atoms with Gasteiger partial charge in [0.1, 0.15) is 0 Å². The van der Waals surface area contributed by atoms with Crippen LogP contribution >= 0.6 is 11.8 Å². The van der Waals surface area contributed by atoms with Crippen LogP contribution < -0.4 is 0 Å². The van der Waals surface area contributed by atoms with Crippen molar-refractivity contribution < 1.29 is 9.53 Å². The van der Waals surface area contributed by atoms with E-state index in [0.717, 1.165) is 25.0 Å². The molecule has 1 aromatic carbocycles. The quantitative estimate of drug-likeness (QED) is 0.377. The van der Waals surface area contributed by atoms with Crippen molar-refractivity contribution in [1.82, 2.24) is 0 Å². The van der Waals surface area contributed by atoms with E-state index in [9.17, 15) is 4.79 Å². The molecule has 0 fully saturated rings. The van der Waals surface area contributed by atoms with Crippen molar-refractivity contribution in [2.75, 3.05) is 12.4 Å². The molecule has 0 aliphatic rings. The van der Waals surface area contributed by atoms with E-state index in [1.54, 1.807) is 11.8 Å². The average molecular weight is 337 g/mol. The summed E-state index contributed by atoms with van der Waals surface area (Å²) in [4.78, 5) is 13.1. The van der Waals surface area contributed by atoms with Crippen molar-refractivity contribution in [2.24, 2.45) is 5.92 Å². The van der Waals surface area contributed by atoms with Gasteiger partial charge in [-0.1, -0.05) is 46.1 Å². The van der Waals surface area contributed by atoms with Crippen molar-refractivity contribution in [3.63, 3.8) is 0 Å². The van der Waals surface area contributed by atoms with Crippen LogP contribution in [0.1, 0.15) is 64.0 Å². The molecule has 0 amide bonds. The lowest BCUT2D eigenvalue weighted by Crippen LogP contribution is -2.14. The van der Waals surface area contributed by atoms with Gasteiger partial charge >= 0.3 is 5.97 Å². The zero-order valence-corrected chi connectivity index (χ0v) is 16.0. The van der Waals surface area contributed by atoms with Crippen molar-refractivity contribution in [2.45, 2.75) is 71.1 Å². The molecule has 0 aromatic heterocycles. The van der Waals surface area contributed by atoms with Crippen molar-refractivity contribution >= 4 is 17.7 Å². The number of rotatable bonds is 11. The summed E-state index contributed by atoms with van der Waals surface area (Å²) in [5.74, 6) is 1.25. The minimum atomic E-state index is -0.0594. The molecule has 0 spiro atoms. The summed E-state index contributed by atoms with van der Waals surface area (Å²) >= 11 is 1.75. The van der Waals surface area contributed by atoms with Gasteiger partial charge in [0.15, 0.2) is 0 Å². The monoisotopic (exact) mass is 336 g/mol. The molecule has 0 saturated heterocycles. The number of hydrogen-bond donors (Lipinski definition) is 0. The van der Waals surface area contributed by atoms with Gasteiger partial charge in [-0.2, -0.15) is 0 Å². The maximum atomic E-state index is 11.9. The average Bonchev–Trinajstić information content (AvgIpc) is 2.54. The molecular formula is C20H32O2S. The fraction of sp³-hybridized carbons (Fsp3) is 0.650. The third-order valence-corrected chi connectivity index (χ3v) is 5.09. The lowest BCUT2D eigenvalue weighted by atomic mass is 10.0. The van der Waals surface area contributed by atoms with Crippen LogP contribution in [0.4, 0.5) is 0 Å². The van der Waals surface area contributed by atoms with Crippen LogP contribution in [-0.2, 0) is 16.0 Å². The summed E-state index contributed by atoms with van der Waals surface area (Å²) in [5, 5.41) is 0. The van der Waals surface area contributed by atoms with Crippen molar-refractivity contribution in [1.29, 1.82) is 0 Å². The second-order valence-electron chi connectivity index (χ2n) is 6.21. The molecule has 130 valence electrons. The highest BCUT2D eigenvalue weighted by Gasteiger charge is 2.10. The molecule has 0 radical (unpaired) electrons. The van der Waals surface area contributed by atoms with Gasteiger partial charge in [0.2, 0.25) is 0 Å². The van der Waals surface area contributed by atoms with Crippen LogP contribution in [0.25, 0.3) is 0 Å². The smallest absolute Gasteiger partial charge is 0.306 e. The third kappa shape index (κ3) is 8.45. The van der Waals surface area contributed by atoms with E-state index in [2.05, 4.69) is 45.9 Å². The largest absolute Gasteiger partial charge is 0.465 e. The van der Waals surface area contributed by atoms with Gasteiger partial charge in [0.05, 0.1) is 13.0 Å². The number of carbonyl (C=O) groups is 1. The Bertz CT molecular complexity index is 471. The number of thioether (sulfide) groups is 1. The molecule has 0 saturated carbocycles. The SMILES string of the molecule is CCCCC(CC)COC(=O)CCSc1cc(C)cc(CC)c1. The standard InChI is InChI=1S/C20H32O2S/c1-5-8-9-17(6-2)15-22-20(21)10-11-23-19-13-16(4)12-18(7-3)14-19/h12-14,17H,5-11,15H2,1-4H3. The minimum absolute atomic E-state index is 0.0594. The van der Waals surface area contributed by atoms with Gasteiger partial charge < -0.3 is 4.74 Å². The van der Waals surface area contributed by atoms with E-state index in [1.807, 2.05) is 0 Å². The molecule has 0 N–H and O–H groups in total. The van der Waals surface area contributed by atoms with E-state index in [4.69, 9.17) is 4.74 Å². The van der Waals surface area contributed by atoms with Gasteiger partial charge in [0.25, 0.3) is 0 Å². The fourth-order valence-corrected chi connectivity index (χ4v) is 3.55. The molecule has 1 aromatic rings. The van der Waals surface area contributed by atoms with Crippen LogP contribution in [0.5, 0.6) is 0 Å². The predicted octanol–water partition coefficient (Wildman–Crippen LogP) is 5.80. The van der Waals surface area contributed by atoms with Gasteiger partial charge in [-0.25, -0.2) is 0 Å². The van der Waals surface area contributed by atoms with E-state index >= 15 is 0 Å². The Morgan fingerprint density at radius 3 is 2.65 bits per heavy atom. The molecular weight excluding hydrogens is 304 g/mol. The topological polar surface area (TPSA) is 26.3 Å². The Morgan fingerprint density at radius 1 is 1.22 bits per heavy atom. The maximum absolute atomic E-state index is 11.9. The lowest BCUT2D eigenvalue weighted by Gasteiger charge is -2.14. The Hall–Kier alpha value is -0.960. The Balaban J connectivity index is 2.29. The number of carbonyl (C=O) groups excluding carboxylic acids is 1. The zero-order valence-electron chi connectivity index (χ0n) is 15.2. The van der Waals surface area contributed by atoms with Crippen LogP contribution in [-0.4, -0.2) is 18.3 Å². The highest BCUT2D eigenvalue weighted by molar-refractivity contribution is 7.99. The molecule has 0 bridgehead atoms. The van der Waals surface area contributed by atoms with Gasteiger partial charge in [-0.05, 0) is 48.9 Å². The van der Waals surface area contributed by atoms with Crippen molar-refractivity contribution in [3.8, 4) is 0 Å². The Kier molecular flexibility index (Phi) is 10.1. The van der Waals surface area contributed by atoms with Gasteiger partial charge in [-0.3, -0.25) is 4.79 Å². The van der Waals surface area contributed by atoms with E-state index in [1.165, 1.54) is 28.9 Å². The summed E-state index contributed by atoms with van der Waals surface area (Å²) in [7, 11) is 0. The Morgan fingerprint density at radius 2 is 2.00 bits per heavy atom. The minimum Gasteiger partial charge on any atom is -0.465 e. The second-order valence-corrected chi connectivity index (χ2v) is 7.37. The number of esters is 1. The summed E-state index contributed by atoms with van der Waals surface area (Å²) in [5.41, 5.74) is 2.65. The Labute approximate surface area is 146 Å².